The van der Waals surface area contributed by atoms with Crippen LogP contribution in [0.3, 0.4) is 0 Å². The second-order valence-corrected chi connectivity index (χ2v) is 4.12. The van der Waals surface area contributed by atoms with Crippen LogP contribution >= 0.6 is 0 Å². The molecule has 0 aliphatic rings. The molecule has 1 N–H and O–H groups in total. The van der Waals surface area contributed by atoms with Crippen LogP contribution in [0.15, 0.2) is 30.9 Å². The molecule has 0 saturated heterocycles. The number of rotatable bonds is 6. The number of nitrogens with zero attached hydrogens (tertiary/aromatic N) is 1. The van der Waals surface area contributed by atoms with Crippen molar-refractivity contribution in [1.82, 2.24) is 5.32 Å². The number of hydrogen-bond acceptors (Lipinski definition) is 2. The van der Waals surface area contributed by atoms with Crippen molar-refractivity contribution in [3.63, 3.8) is 0 Å². The minimum Gasteiger partial charge on any atom is -0.371 e. The number of benzene rings is 1. The molecule has 0 bridgehead atoms. The third kappa shape index (κ3) is 3.30. The van der Waals surface area contributed by atoms with Crippen LogP contribution in [-0.2, 0) is 0 Å². The summed E-state index contributed by atoms with van der Waals surface area (Å²) in [6.07, 6.45) is 1.81. The molecule has 17 heavy (non-hydrogen) atoms. The first-order valence-electron chi connectivity index (χ1n) is 5.95. The Morgan fingerprint density at radius 2 is 2.24 bits per heavy atom. The van der Waals surface area contributed by atoms with Gasteiger partial charge in [-0.05, 0) is 25.6 Å². The van der Waals surface area contributed by atoms with E-state index in [1.807, 2.05) is 37.9 Å². The van der Waals surface area contributed by atoms with Crippen LogP contribution in [0.25, 0.3) is 0 Å². The summed E-state index contributed by atoms with van der Waals surface area (Å²) in [6, 6.07) is 5.19. The quantitative estimate of drug-likeness (QED) is 0.763. The highest BCUT2D eigenvalue weighted by Gasteiger charge is 2.16. The van der Waals surface area contributed by atoms with E-state index in [4.69, 9.17) is 0 Å². The van der Waals surface area contributed by atoms with Gasteiger partial charge in [0, 0.05) is 30.9 Å². The predicted molar refractivity (Wildman–Crippen MR) is 72.0 cm³/mol. The van der Waals surface area contributed by atoms with E-state index in [2.05, 4.69) is 11.9 Å². The molecule has 0 amide bonds. The van der Waals surface area contributed by atoms with E-state index >= 15 is 0 Å². The van der Waals surface area contributed by atoms with Crippen molar-refractivity contribution in [2.45, 2.75) is 19.9 Å². The minimum absolute atomic E-state index is 0.00321. The lowest BCUT2D eigenvalue weighted by Crippen LogP contribution is -2.24. The lowest BCUT2D eigenvalue weighted by atomic mass is 10.0. The van der Waals surface area contributed by atoms with Crippen LogP contribution in [0.4, 0.5) is 10.1 Å². The molecular weight excluding hydrogens is 215 g/mol. The second-order valence-electron chi connectivity index (χ2n) is 4.12. The van der Waals surface area contributed by atoms with E-state index in [9.17, 15) is 4.39 Å². The zero-order valence-electron chi connectivity index (χ0n) is 10.8. The normalized spacial score (nSPS) is 12.2. The van der Waals surface area contributed by atoms with Crippen LogP contribution in [0.1, 0.15) is 25.5 Å². The summed E-state index contributed by atoms with van der Waals surface area (Å²) in [6.45, 7) is 9.23. The Morgan fingerprint density at radius 1 is 1.53 bits per heavy atom. The molecule has 1 rings (SSSR count). The topological polar surface area (TPSA) is 15.3 Å². The fraction of sp³-hybridized carbons (Fsp3) is 0.429. The van der Waals surface area contributed by atoms with Crippen molar-refractivity contribution in [3.05, 3.63) is 42.2 Å². The highest BCUT2D eigenvalue weighted by Crippen LogP contribution is 2.28. The lowest BCUT2D eigenvalue weighted by Gasteiger charge is -2.24. The maximum Gasteiger partial charge on any atom is 0.130 e. The molecule has 0 heterocycles. The van der Waals surface area contributed by atoms with Gasteiger partial charge in [-0.15, -0.1) is 6.58 Å². The molecule has 1 atom stereocenters. The van der Waals surface area contributed by atoms with Gasteiger partial charge in [0.15, 0.2) is 0 Å². The average Bonchev–Trinajstić information content (AvgIpc) is 2.29. The Labute approximate surface area is 103 Å². The first kappa shape index (κ1) is 13.7. The maximum absolute atomic E-state index is 13.9. The monoisotopic (exact) mass is 236 g/mol. The molecule has 0 aliphatic heterocycles. The summed E-state index contributed by atoms with van der Waals surface area (Å²) in [5.41, 5.74) is 1.64. The molecule has 1 aromatic rings. The van der Waals surface area contributed by atoms with Crippen molar-refractivity contribution < 1.29 is 4.39 Å². The van der Waals surface area contributed by atoms with Crippen LogP contribution in [-0.4, -0.2) is 20.1 Å². The molecule has 0 spiro atoms. The van der Waals surface area contributed by atoms with E-state index in [-0.39, 0.29) is 11.9 Å². The van der Waals surface area contributed by atoms with E-state index in [1.54, 1.807) is 6.07 Å². The molecule has 94 valence electrons. The van der Waals surface area contributed by atoms with Crippen molar-refractivity contribution >= 4 is 5.69 Å². The SMILES string of the molecule is C=CCN(C)c1cccc(F)c1C(C)NCC. The minimum atomic E-state index is -0.160. The average molecular weight is 236 g/mol. The van der Waals surface area contributed by atoms with Crippen LogP contribution in [0.2, 0.25) is 0 Å². The van der Waals surface area contributed by atoms with E-state index in [1.165, 1.54) is 6.07 Å². The number of likely N-dealkylation sites (N-methyl/N-ethyl adjacent to an activating group) is 1. The number of halogens is 1. The van der Waals surface area contributed by atoms with E-state index < -0.39 is 0 Å². The molecule has 0 aromatic heterocycles. The largest absolute Gasteiger partial charge is 0.371 e. The van der Waals surface area contributed by atoms with Gasteiger partial charge in [0.2, 0.25) is 0 Å². The smallest absolute Gasteiger partial charge is 0.130 e. The maximum atomic E-state index is 13.9. The predicted octanol–water partition coefficient (Wildman–Crippen LogP) is 3.12. The van der Waals surface area contributed by atoms with E-state index in [0.29, 0.717) is 6.54 Å². The molecule has 1 aromatic carbocycles. The Kier molecular flexibility index (Phi) is 5.16. The second kappa shape index (κ2) is 6.40. The molecule has 0 aliphatic carbocycles. The highest BCUT2D eigenvalue weighted by molar-refractivity contribution is 5.55. The van der Waals surface area contributed by atoms with Crippen molar-refractivity contribution in [1.29, 1.82) is 0 Å². The van der Waals surface area contributed by atoms with Crippen molar-refractivity contribution in [2.75, 3.05) is 25.0 Å². The fourth-order valence-electron chi connectivity index (χ4n) is 1.99. The van der Waals surface area contributed by atoms with Gasteiger partial charge in [-0.1, -0.05) is 19.1 Å². The molecule has 0 radical (unpaired) electrons. The van der Waals surface area contributed by atoms with Crippen molar-refractivity contribution in [3.8, 4) is 0 Å². The van der Waals surface area contributed by atoms with Gasteiger partial charge in [0.1, 0.15) is 5.82 Å². The Bertz CT molecular complexity index is 376. The molecule has 3 heteroatoms. The Balaban J connectivity index is 3.11. The molecule has 1 unspecified atom stereocenters. The summed E-state index contributed by atoms with van der Waals surface area (Å²) in [7, 11) is 1.94. The summed E-state index contributed by atoms with van der Waals surface area (Å²) in [4.78, 5) is 2.00. The van der Waals surface area contributed by atoms with Crippen LogP contribution in [0.5, 0.6) is 0 Å². The number of nitrogens with one attached hydrogen (secondary N) is 1. The molecule has 0 saturated carbocycles. The standard InChI is InChI=1S/C14H21FN2/c1-5-10-17(4)13-9-7-8-12(15)14(13)11(3)16-6-2/h5,7-9,11,16H,1,6,10H2,2-4H3. The van der Waals surface area contributed by atoms with E-state index in [0.717, 1.165) is 17.8 Å². The zero-order valence-corrected chi connectivity index (χ0v) is 10.8. The van der Waals surface area contributed by atoms with Crippen LogP contribution in [0, 0.1) is 5.82 Å². The highest BCUT2D eigenvalue weighted by atomic mass is 19.1. The van der Waals surface area contributed by atoms with Gasteiger partial charge in [-0.25, -0.2) is 4.39 Å². The number of hydrogen-bond donors (Lipinski definition) is 1. The van der Waals surface area contributed by atoms with Gasteiger partial charge in [-0.2, -0.15) is 0 Å². The third-order valence-corrected chi connectivity index (χ3v) is 2.79. The van der Waals surface area contributed by atoms with Gasteiger partial charge >= 0.3 is 0 Å². The van der Waals surface area contributed by atoms with Crippen LogP contribution < -0.4 is 10.2 Å². The Hall–Kier alpha value is -1.35. The first-order valence-corrected chi connectivity index (χ1v) is 5.95. The van der Waals surface area contributed by atoms with Gasteiger partial charge in [0.05, 0.1) is 0 Å². The van der Waals surface area contributed by atoms with Gasteiger partial charge < -0.3 is 10.2 Å². The fourth-order valence-corrected chi connectivity index (χ4v) is 1.99. The molecular formula is C14H21FN2. The summed E-state index contributed by atoms with van der Waals surface area (Å²) < 4.78 is 13.9. The van der Waals surface area contributed by atoms with Gasteiger partial charge in [-0.3, -0.25) is 0 Å². The summed E-state index contributed by atoms with van der Waals surface area (Å²) >= 11 is 0. The van der Waals surface area contributed by atoms with Crippen molar-refractivity contribution in [2.24, 2.45) is 0 Å². The molecule has 0 fully saturated rings. The molecule has 2 nitrogen and oxygen atoms in total. The number of anilines is 1. The summed E-state index contributed by atoms with van der Waals surface area (Å²) in [5.74, 6) is -0.160. The van der Waals surface area contributed by atoms with Gasteiger partial charge in [0.25, 0.3) is 0 Å². The third-order valence-electron chi connectivity index (χ3n) is 2.79. The zero-order chi connectivity index (χ0) is 12.8. The lowest BCUT2D eigenvalue weighted by molar-refractivity contribution is 0.540. The summed E-state index contributed by atoms with van der Waals surface area (Å²) in [5, 5.41) is 3.25. The Morgan fingerprint density at radius 3 is 2.82 bits per heavy atom. The first-order chi connectivity index (χ1) is 8.11.